The number of rotatable bonds is 9. The molecule has 0 saturated carbocycles. The number of hydrogen-bond acceptors (Lipinski definition) is 5. The summed E-state index contributed by atoms with van der Waals surface area (Å²) in [6, 6.07) is 9.80. The van der Waals surface area contributed by atoms with Gasteiger partial charge in [0, 0.05) is 18.9 Å². The molecule has 2 rings (SSSR count). The molecule has 8 heteroatoms. The number of sulfonamides is 1. The largest absolute Gasteiger partial charge is 0.264 e. The van der Waals surface area contributed by atoms with Crippen molar-refractivity contribution in [2.45, 2.75) is 36.8 Å². The molecular formula is C18H24N2O4S2. The Balaban J connectivity index is 2.34. The molecule has 1 heterocycles. The first-order valence-electron chi connectivity index (χ1n) is 8.44. The Morgan fingerprint density at radius 3 is 2.35 bits per heavy atom. The first-order valence-corrected chi connectivity index (χ1v) is 11.6. The fourth-order valence-corrected chi connectivity index (χ4v) is 5.46. The number of unbranched alkanes of at least 4 members (excludes halogenated alkanes) is 1. The van der Waals surface area contributed by atoms with Gasteiger partial charge in [0.25, 0.3) is 0 Å². The summed E-state index contributed by atoms with van der Waals surface area (Å²) in [7, 11) is -7.31. The SMILES string of the molecule is CCCCS(=O)(=O)NC[C@@H](c1cccnc1)S(=O)(=O)c1ccc(C)cc1. The molecule has 2 aromatic rings. The van der Waals surface area contributed by atoms with Crippen molar-refractivity contribution >= 4 is 19.9 Å². The van der Waals surface area contributed by atoms with E-state index >= 15 is 0 Å². The predicted octanol–water partition coefficient (Wildman–Crippen LogP) is 2.62. The summed E-state index contributed by atoms with van der Waals surface area (Å²) >= 11 is 0. The Labute approximate surface area is 155 Å². The van der Waals surface area contributed by atoms with Gasteiger partial charge in [-0.1, -0.05) is 37.1 Å². The second-order valence-corrected chi connectivity index (χ2v) is 10.2. The minimum atomic E-state index is -3.78. The summed E-state index contributed by atoms with van der Waals surface area (Å²) in [5.74, 6) is -0.0200. The van der Waals surface area contributed by atoms with Gasteiger partial charge in [-0.05, 0) is 37.1 Å². The van der Waals surface area contributed by atoms with E-state index in [1.165, 1.54) is 6.20 Å². The zero-order valence-corrected chi connectivity index (χ0v) is 16.6. The Bertz CT molecular complexity index is 909. The molecule has 0 aliphatic carbocycles. The van der Waals surface area contributed by atoms with Gasteiger partial charge < -0.3 is 0 Å². The van der Waals surface area contributed by atoms with Crippen LogP contribution in [-0.2, 0) is 19.9 Å². The monoisotopic (exact) mass is 396 g/mol. The van der Waals surface area contributed by atoms with E-state index in [-0.39, 0.29) is 17.2 Å². The molecule has 1 N–H and O–H groups in total. The van der Waals surface area contributed by atoms with Crippen LogP contribution in [0, 0.1) is 6.92 Å². The van der Waals surface area contributed by atoms with Crippen LogP contribution in [0.5, 0.6) is 0 Å². The zero-order chi connectivity index (χ0) is 19.2. The van der Waals surface area contributed by atoms with Crippen LogP contribution in [0.2, 0.25) is 0 Å². The molecule has 142 valence electrons. The van der Waals surface area contributed by atoms with E-state index in [1.54, 1.807) is 42.6 Å². The highest BCUT2D eigenvalue weighted by molar-refractivity contribution is 7.92. The van der Waals surface area contributed by atoms with Crippen molar-refractivity contribution in [3.63, 3.8) is 0 Å². The van der Waals surface area contributed by atoms with Crippen LogP contribution < -0.4 is 4.72 Å². The quantitative estimate of drug-likeness (QED) is 0.703. The smallest absolute Gasteiger partial charge is 0.211 e. The van der Waals surface area contributed by atoms with E-state index in [0.717, 1.165) is 12.0 Å². The van der Waals surface area contributed by atoms with Crippen LogP contribution in [0.4, 0.5) is 0 Å². The number of aromatic nitrogens is 1. The van der Waals surface area contributed by atoms with Gasteiger partial charge in [0.15, 0.2) is 9.84 Å². The first-order chi connectivity index (χ1) is 12.3. The second-order valence-electron chi connectivity index (χ2n) is 6.15. The summed E-state index contributed by atoms with van der Waals surface area (Å²) in [5, 5.41) is -1.05. The number of aryl methyl sites for hydroxylation is 1. The third-order valence-electron chi connectivity index (χ3n) is 4.04. The number of nitrogens with zero attached hydrogens (tertiary/aromatic N) is 1. The zero-order valence-electron chi connectivity index (χ0n) is 14.9. The minimum absolute atomic E-state index is 0.0200. The summed E-state index contributed by atoms with van der Waals surface area (Å²) in [6.45, 7) is 3.54. The topological polar surface area (TPSA) is 93.2 Å². The maximum absolute atomic E-state index is 13.1. The van der Waals surface area contributed by atoms with Gasteiger partial charge in [0.05, 0.1) is 10.6 Å². The molecule has 0 spiro atoms. The standard InChI is InChI=1S/C18H24N2O4S2/c1-3-4-12-25(21,22)20-14-18(16-6-5-11-19-13-16)26(23,24)17-9-7-15(2)8-10-17/h5-11,13,18,20H,3-4,12,14H2,1-2H3/t18-/m0/s1. The predicted molar refractivity (Wildman–Crippen MR) is 102 cm³/mol. The molecule has 1 aromatic heterocycles. The van der Waals surface area contributed by atoms with Crippen LogP contribution in [0.25, 0.3) is 0 Å². The lowest BCUT2D eigenvalue weighted by Crippen LogP contribution is -2.33. The Morgan fingerprint density at radius 2 is 1.77 bits per heavy atom. The third-order valence-corrected chi connectivity index (χ3v) is 7.59. The molecule has 1 aromatic carbocycles. The molecule has 0 bridgehead atoms. The lowest BCUT2D eigenvalue weighted by molar-refractivity contribution is 0.566. The van der Waals surface area contributed by atoms with Crippen LogP contribution >= 0.6 is 0 Å². The molecule has 1 atom stereocenters. The number of sulfone groups is 1. The molecule has 0 aliphatic rings. The Hall–Kier alpha value is -1.77. The summed E-state index contributed by atoms with van der Waals surface area (Å²) in [6.07, 6.45) is 4.27. The highest BCUT2D eigenvalue weighted by Crippen LogP contribution is 2.28. The maximum Gasteiger partial charge on any atom is 0.211 e. The second kappa shape index (κ2) is 8.75. The van der Waals surface area contributed by atoms with E-state index in [2.05, 4.69) is 9.71 Å². The van der Waals surface area contributed by atoms with Crippen LogP contribution in [0.3, 0.4) is 0 Å². The van der Waals surface area contributed by atoms with Gasteiger partial charge in [-0.25, -0.2) is 21.6 Å². The normalized spacial score (nSPS) is 13.5. The molecule has 0 fully saturated rings. The number of pyridine rings is 1. The van der Waals surface area contributed by atoms with Gasteiger partial charge in [-0.2, -0.15) is 0 Å². The van der Waals surface area contributed by atoms with Gasteiger partial charge in [0.2, 0.25) is 10.0 Å². The Kier molecular flexibility index (Phi) is 6.91. The van der Waals surface area contributed by atoms with Gasteiger partial charge in [-0.15, -0.1) is 0 Å². The average Bonchev–Trinajstić information content (AvgIpc) is 2.61. The molecular weight excluding hydrogens is 372 g/mol. The Morgan fingerprint density at radius 1 is 1.08 bits per heavy atom. The molecule has 0 aliphatic heterocycles. The fourth-order valence-electron chi connectivity index (χ4n) is 2.47. The number of hydrogen-bond donors (Lipinski definition) is 1. The number of benzene rings is 1. The molecule has 6 nitrogen and oxygen atoms in total. The summed E-state index contributed by atoms with van der Waals surface area (Å²) in [4.78, 5) is 4.14. The van der Waals surface area contributed by atoms with Crippen LogP contribution in [0.1, 0.15) is 36.1 Å². The lowest BCUT2D eigenvalue weighted by atomic mass is 10.2. The van der Waals surface area contributed by atoms with Crippen LogP contribution in [0.15, 0.2) is 53.7 Å². The van der Waals surface area contributed by atoms with Gasteiger partial charge in [-0.3, -0.25) is 4.98 Å². The highest BCUT2D eigenvalue weighted by atomic mass is 32.2. The fraction of sp³-hybridized carbons (Fsp3) is 0.389. The minimum Gasteiger partial charge on any atom is -0.264 e. The molecule has 0 radical (unpaired) electrons. The lowest BCUT2D eigenvalue weighted by Gasteiger charge is -2.19. The van der Waals surface area contributed by atoms with Crippen molar-refractivity contribution in [3.8, 4) is 0 Å². The maximum atomic E-state index is 13.1. The van der Waals surface area contributed by atoms with Gasteiger partial charge >= 0.3 is 0 Å². The molecule has 0 amide bonds. The van der Waals surface area contributed by atoms with Gasteiger partial charge in [0.1, 0.15) is 5.25 Å². The molecule has 0 unspecified atom stereocenters. The van der Waals surface area contributed by atoms with E-state index in [9.17, 15) is 16.8 Å². The first kappa shape index (κ1) is 20.5. The highest BCUT2D eigenvalue weighted by Gasteiger charge is 2.30. The summed E-state index contributed by atoms with van der Waals surface area (Å²) < 4.78 is 52.9. The van der Waals surface area contributed by atoms with Crippen molar-refractivity contribution in [1.29, 1.82) is 0 Å². The van der Waals surface area contributed by atoms with Crippen molar-refractivity contribution in [2.24, 2.45) is 0 Å². The van der Waals surface area contributed by atoms with E-state index < -0.39 is 25.1 Å². The van der Waals surface area contributed by atoms with Crippen molar-refractivity contribution < 1.29 is 16.8 Å². The van der Waals surface area contributed by atoms with Crippen LogP contribution in [-0.4, -0.2) is 34.1 Å². The van der Waals surface area contributed by atoms with Crippen molar-refractivity contribution in [2.75, 3.05) is 12.3 Å². The molecule has 26 heavy (non-hydrogen) atoms. The van der Waals surface area contributed by atoms with E-state index in [1.807, 2.05) is 13.8 Å². The average molecular weight is 397 g/mol. The third kappa shape index (κ3) is 5.36. The number of nitrogens with one attached hydrogen (secondary N) is 1. The summed E-state index contributed by atoms with van der Waals surface area (Å²) in [5.41, 5.74) is 1.40. The van der Waals surface area contributed by atoms with Crippen molar-refractivity contribution in [3.05, 3.63) is 59.9 Å². The molecule has 0 saturated heterocycles. The van der Waals surface area contributed by atoms with Crippen molar-refractivity contribution in [1.82, 2.24) is 9.71 Å². The van der Waals surface area contributed by atoms with E-state index in [4.69, 9.17) is 0 Å². The van der Waals surface area contributed by atoms with E-state index in [0.29, 0.717) is 12.0 Å².